The summed E-state index contributed by atoms with van der Waals surface area (Å²) in [6.45, 7) is 1.83. The van der Waals surface area contributed by atoms with E-state index >= 15 is 0 Å². The first-order valence-corrected chi connectivity index (χ1v) is 12.1. The monoisotopic (exact) mass is 494 g/mol. The molecule has 0 aliphatic carbocycles. The lowest BCUT2D eigenvalue weighted by molar-refractivity contribution is -0.385. The van der Waals surface area contributed by atoms with Gasteiger partial charge in [-0.3, -0.25) is 14.8 Å². The maximum absolute atomic E-state index is 13.4. The summed E-state index contributed by atoms with van der Waals surface area (Å²) < 4.78 is 34.5. The molecule has 1 aromatic heterocycles. The molecule has 0 saturated carbocycles. The van der Waals surface area contributed by atoms with Crippen molar-refractivity contribution in [1.29, 1.82) is 5.26 Å². The number of piperazine rings is 1. The van der Waals surface area contributed by atoms with Gasteiger partial charge in [-0.1, -0.05) is 12.1 Å². The second-order valence-electron chi connectivity index (χ2n) is 7.68. The van der Waals surface area contributed by atoms with Crippen LogP contribution in [0.3, 0.4) is 0 Å². The van der Waals surface area contributed by atoms with Crippen molar-refractivity contribution < 1.29 is 18.1 Å². The molecule has 1 aliphatic heterocycles. The maximum Gasteiger partial charge on any atom is 0.270 e. The number of sulfonamides is 1. The largest absolute Gasteiger partial charge is 0.495 e. The molecule has 2 heterocycles. The number of hydrogen-bond acceptors (Lipinski definition) is 9. The lowest BCUT2D eigenvalue weighted by Crippen LogP contribution is -2.47. The summed E-state index contributed by atoms with van der Waals surface area (Å²) in [5.74, 6) is 0.893. The van der Waals surface area contributed by atoms with Crippen LogP contribution in [0.25, 0.3) is 0 Å². The summed E-state index contributed by atoms with van der Waals surface area (Å²) in [7, 11) is -2.78. The van der Waals surface area contributed by atoms with Gasteiger partial charge in [0.1, 0.15) is 22.5 Å². The van der Waals surface area contributed by atoms with Crippen molar-refractivity contribution >= 4 is 32.9 Å². The predicted octanol–water partition coefficient (Wildman–Crippen LogP) is 3.00. The van der Waals surface area contributed by atoms with Crippen molar-refractivity contribution in [3.05, 3.63) is 76.5 Å². The quantitative estimate of drug-likeness (QED) is 0.387. The Kier molecular flexibility index (Phi) is 6.70. The highest BCUT2D eigenvalue weighted by Crippen LogP contribution is 2.34. The standard InChI is InChI=1S/C23H22N6O5S/c1-34-21-7-3-2-6-19(21)26-35(32,33)22-15-18(29(30)31)8-9-20(22)27-11-13-28(14-12-27)23-17(16-24)5-4-10-25-23/h2-10,15,26H,11-14H2,1H3. The second kappa shape index (κ2) is 9.86. The van der Waals surface area contributed by atoms with Gasteiger partial charge >= 0.3 is 0 Å². The van der Waals surface area contributed by atoms with Gasteiger partial charge in [-0.15, -0.1) is 0 Å². The third-order valence-corrected chi connectivity index (χ3v) is 7.02. The maximum atomic E-state index is 13.4. The van der Waals surface area contributed by atoms with Crippen molar-refractivity contribution in [2.75, 3.05) is 47.8 Å². The van der Waals surface area contributed by atoms with Crippen LogP contribution in [0.2, 0.25) is 0 Å². The minimum Gasteiger partial charge on any atom is -0.495 e. The molecule has 1 fully saturated rings. The van der Waals surface area contributed by atoms with Crippen molar-refractivity contribution in [3.63, 3.8) is 0 Å². The Balaban J connectivity index is 1.65. The van der Waals surface area contributed by atoms with Crippen LogP contribution < -0.4 is 19.3 Å². The van der Waals surface area contributed by atoms with Crippen molar-refractivity contribution in [1.82, 2.24) is 4.98 Å². The van der Waals surface area contributed by atoms with Gasteiger partial charge in [0, 0.05) is 44.5 Å². The number of nitro groups is 1. The summed E-state index contributed by atoms with van der Waals surface area (Å²) in [5.41, 5.74) is 0.691. The number of nitro benzene ring substituents is 1. The average Bonchev–Trinajstić information content (AvgIpc) is 2.88. The van der Waals surface area contributed by atoms with E-state index in [0.717, 1.165) is 6.07 Å². The molecule has 0 amide bonds. The van der Waals surface area contributed by atoms with Crippen LogP contribution in [0, 0.1) is 21.4 Å². The summed E-state index contributed by atoms with van der Waals surface area (Å²) in [5, 5.41) is 20.8. The fourth-order valence-electron chi connectivity index (χ4n) is 3.92. The van der Waals surface area contributed by atoms with E-state index in [-0.39, 0.29) is 16.3 Å². The number of methoxy groups -OCH3 is 1. The van der Waals surface area contributed by atoms with Crippen LogP contribution in [0.5, 0.6) is 5.75 Å². The molecule has 4 rings (SSSR count). The highest BCUT2D eigenvalue weighted by Gasteiger charge is 2.28. The number of nitriles is 1. The third-order valence-electron chi connectivity index (χ3n) is 5.62. The molecule has 1 aliphatic rings. The first kappa shape index (κ1) is 23.8. The van der Waals surface area contributed by atoms with E-state index in [1.54, 1.807) is 42.6 Å². The molecule has 1 N–H and O–H groups in total. The van der Waals surface area contributed by atoms with Gasteiger partial charge in [0.15, 0.2) is 0 Å². The van der Waals surface area contributed by atoms with E-state index in [4.69, 9.17) is 4.74 Å². The zero-order valence-electron chi connectivity index (χ0n) is 18.8. The van der Waals surface area contributed by atoms with Gasteiger partial charge in [-0.25, -0.2) is 13.4 Å². The number of hydrogen-bond donors (Lipinski definition) is 1. The Hall–Kier alpha value is -4.37. The Morgan fingerprint density at radius 1 is 1.09 bits per heavy atom. The summed E-state index contributed by atoms with van der Waals surface area (Å²) in [6.07, 6.45) is 1.62. The van der Waals surface area contributed by atoms with Crippen molar-refractivity contribution in [2.45, 2.75) is 4.90 Å². The summed E-state index contributed by atoms with van der Waals surface area (Å²) in [6, 6.07) is 15.8. The Labute approximate surface area is 202 Å². The molecule has 0 unspecified atom stereocenters. The lowest BCUT2D eigenvalue weighted by Gasteiger charge is -2.37. The van der Waals surface area contributed by atoms with Gasteiger partial charge in [-0.05, 0) is 30.3 Å². The second-order valence-corrected chi connectivity index (χ2v) is 9.33. The Morgan fingerprint density at radius 2 is 1.80 bits per heavy atom. The number of benzene rings is 2. The van der Waals surface area contributed by atoms with Crippen LogP contribution in [0.15, 0.2) is 65.7 Å². The fraction of sp³-hybridized carbons (Fsp3) is 0.217. The zero-order valence-corrected chi connectivity index (χ0v) is 19.6. The lowest BCUT2D eigenvalue weighted by atomic mass is 10.2. The molecule has 0 radical (unpaired) electrons. The van der Waals surface area contributed by atoms with E-state index < -0.39 is 14.9 Å². The first-order valence-electron chi connectivity index (χ1n) is 10.6. The minimum absolute atomic E-state index is 0.207. The van der Waals surface area contributed by atoms with Crippen LogP contribution in [0.4, 0.5) is 22.9 Å². The highest BCUT2D eigenvalue weighted by molar-refractivity contribution is 7.93. The molecule has 180 valence electrons. The van der Waals surface area contributed by atoms with Crippen LogP contribution in [-0.2, 0) is 10.0 Å². The average molecular weight is 495 g/mol. The molecule has 0 spiro atoms. The first-order chi connectivity index (χ1) is 16.8. The number of pyridine rings is 1. The Bertz CT molecular complexity index is 1400. The fourth-order valence-corrected chi connectivity index (χ4v) is 5.23. The van der Waals surface area contributed by atoms with Crippen LogP contribution >= 0.6 is 0 Å². The minimum atomic E-state index is -4.20. The summed E-state index contributed by atoms with van der Waals surface area (Å²) >= 11 is 0. The van der Waals surface area contributed by atoms with E-state index in [1.807, 2.05) is 9.80 Å². The molecule has 12 heteroatoms. The van der Waals surface area contributed by atoms with E-state index in [1.165, 1.54) is 19.2 Å². The molecule has 0 atom stereocenters. The summed E-state index contributed by atoms with van der Waals surface area (Å²) in [4.78, 5) is 18.7. The van der Waals surface area contributed by atoms with E-state index in [9.17, 15) is 23.8 Å². The molecule has 35 heavy (non-hydrogen) atoms. The molecule has 11 nitrogen and oxygen atoms in total. The normalized spacial score (nSPS) is 13.7. The van der Waals surface area contributed by atoms with Crippen molar-refractivity contribution in [3.8, 4) is 11.8 Å². The number of nitrogens with zero attached hydrogens (tertiary/aromatic N) is 5. The molecule has 0 bridgehead atoms. The van der Waals surface area contributed by atoms with Crippen molar-refractivity contribution in [2.24, 2.45) is 0 Å². The van der Waals surface area contributed by atoms with Gasteiger partial charge in [0.25, 0.3) is 15.7 Å². The number of non-ortho nitro benzene ring substituents is 1. The number of nitrogens with one attached hydrogen (secondary N) is 1. The van der Waals surface area contributed by atoms with Gasteiger partial charge in [-0.2, -0.15) is 5.26 Å². The molecular formula is C23H22N6O5S. The number of anilines is 3. The predicted molar refractivity (Wildman–Crippen MR) is 130 cm³/mol. The van der Waals surface area contributed by atoms with Crippen LogP contribution in [0.1, 0.15) is 5.56 Å². The topological polar surface area (TPSA) is 142 Å². The third kappa shape index (κ3) is 4.95. The number of aromatic nitrogens is 1. The van der Waals surface area contributed by atoms with Gasteiger partial charge in [0.2, 0.25) is 0 Å². The van der Waals surface area contributed by atoms with Crippen LogP contribution in [-0.4, -0.2) is 51.6 Å². The highest BCUT2D eigenvalue weighted by atomic mass is 32.2. The SMILES string of the molecule is COc1ccccc1NS(=O)(=O)c1cc([N+](=O)[O-])ccc1N1CCN(c2ncccc2C#N)CC1. The van der Waals surface area contributed by atoms with E-state index in [0.29, 0.717) is 49.0 Å². The number of rotatable bonds is 7. The number of para-hydroxylation sites is 2. The zero-order chi connectivity index (χ0) is 25.0. The molecule has 2 aromatic carbocycles. The smallest absolute Gasteiger partial charge is 0.270 e. The molecule has 1 saturated heterocycles. The Morgan fingerprint density at radius 3 is 2.49 bits per heavy atom. The molecular weight excluding hydrogens is 472 g/mol. The van der Waals surface area contributed by atoms with Gasteiger partial charge < -0.3 is 14.5 Å². The number of ether oxygens (including phenoxy) is 1. The van der Waals surface area contributed by atoms with Gasteiger partial charge in [0.05, 0.1) is 29.0 Å². The molecule has 3 aromatic rings. The van der Waals surface area contributed by atoms with E-state index in [2.05, 4.69) is 15.8 Å².